The van der Waals surface area contributed by atoms with Gasteiger partial charge in [-0.3, -0.25) is 0 Å². The minimum absolute atomic E-state index is 0.0733. The molecule has 0 spiro atoms. The molecule has 1 aliphatic rings. The molecule has 0 aromatic heterocycles. The first kappa shape index (κ1) is 11.9. The van der Waals surface area contributed by atoms with Gasteiger partial charge in [-0.2, -0.15) is 0 Å². The van der Waals surface area contributed by atoms with Crippen molar-refractivity contribution in [2.45, 2.75) is 51.0 Å². The van der Waals surface area contributed by atoms with Crippen LogP contribution in [0.4, 0.5) is 0 Å². The molecule has 0 radical (unpaired) electrons. The fourth-order valence-electron chi connectivity index (χ4n) is 2.32. The lowest BCUT2D eigenvalue weighted by Gasteiger charge is -2.17. The smallest absolute Gasteiger partial charge is 0.0444 e. The molecule has 1 aliphatic carbocycles. The van der Waals surface area contributed by atoms with Gasteiger partial charge in [0.2, 0.25) is 0 Å². The Hall–Kier alpha value is -0.530. The topological polar surface area (TPSA) is 26.0 Å². The summed E-state index contributed by atoms with van der Waals surface area (Å²) < 4.78 is 0. The average molecular weight is 238 g/mol. The molecule has 0 heterocycles. The molecule has 16 heavy (non-hydrogen) atoms. The van der Waals surface area contributed by atoms with Crippen molar-refractivity contribution >= 4 is 11.6 Å². The maximum absolute atomic E-state index is 6.36. The van der Waals surface area contributed by atoms with Crippen molar-refractivity contribution in [2.24, 2.45) is 5.73 Å². The van der Waals surface area contributed by atoms with Gasteiger partial charge in [-0.25, -0.2) is 0 Å². The van der Waals surface area contributed by atoms with Gasteiger partial charge in [0.05, 0.1) is 0 Å². The van der Waals surface area contributed by atoms with Crippen molar-refractivity contribution < 1.29 is 0 Å². The first-order chi connectivity index (χ1) is 7.60. The van der Waals surface area contributed by atoms with Crippen LogP contribution in [0.1, 0.15) is 56.6 Å². The van der Waals surface area contributed by atoms with Gasteiger partial charge in [-0.05, 0) is 48.8 Å². The number of halogens is 1. The number of hydrogen-bond acceptors (Lipinski definition) is 1. The molecule has 2 rings (SSSR count). The van der Waals surface area contributed by atoms with E-state index in [2.05, 4.69) is 32.0 Å². The molecule has 0 aliphatic heterocycles. The summed E-state index contributed by atoms with van der Waals surface area (Å²) in [7, 11) is 0. The fourth-order valence-corrected chi connectivity index (χ4v) is 2.65. The predicted octanol–water partition coefficient (Wildman–Crippen LogP) is 4.19. The van der Waals surface area contributed by atoms with Crippen LogP contribution < -0.4 is 5.73 Å². The summed E-state index contributed by atoms with van der Waals surface area (Å²) in [5.41, 5.74) is 8.57. The van der Waals surface area contributed by atoms with Gasteiger partial charge in [0.1, 0.15) is 0 Å². The van der Waals surface area contributed by atoms with Gasteiger partial charge in [0.25, 0.3) is 0 Å². The van der Waals surface area contributed by atoms with E-state index in [0.717, 1.165) is 30.7 Å². The second-order valence-electron chi connectivity index (χ2n) is 4.91. The molecule has 1 fully saturated rings. The van der Waals surface area contributed by atoms with Crippen LogP contribution >= 0.6 is 11.6 Å². The van der Waals surface area contributed by atoms with E-state index in [9.17, 15) is 0 Å². The second kappa shape index (κ2) is 4.38. The molecule has 1 aromatic rings. The van der Waals surface area contributed by atoms with Crippen molar-refractivity contribution in [2.75, 3.05) is 0 Å². The summed E-state index contributed by atoms with van der Waals surface area (Å²) in [6, 6.07) is 6.40. The van der Waals surface area contributed by atoms with Crippen LogP contribution in [0.3, 0.4) is 0 Å². The van der Waals surface area contributed by atoms with Gasteiger partial charge < -0.3 is 5.73 Å². The molecule has 1 nitrogen and oxygen atoms in total. The van der Waals surface area contributed by atoms with E-state index in [0.29, 0.717) is 5.92 Å². The normalized spacial score (nSPS) is 17.8. The Morgan fingerprint density at radius 2 is 1.94 bits per heavy atom. The first-order valence-corrected chi connectivity index (χ1v) is 6.57. The van der Waals surface area contributed by atoms with Crippen LogP contribution in [0.15, 0.2) is 18.2 Å². The van der Waals surface area contributed by atoms with Gasteiger partial charge in [0, 0.05) is 10.6 Å². The van der Waals surface area contributed by atoms with E-state index in [1.807, 2.05) is 0 Å². The van der Waals surface area contributed by atoms with Gasteiger partial charge in [0.15, 0.2) is 0 Å². The molecular formula is C14H20ClN. The van der Waals surface area contributed by atoms with Crippen LogP contribution in [-0.4, -0.2) is 0 Å². The molecule has 2 heteroatoms. The zero-order valence-corrected chi connectivity index (χ0v) is 10.8. The van der Waals surface area contributed by atoms with E-state index in [1.165, 1.54) is 11.1 Å². The number of nitrogens with two attached hydrogens (primary N) is 1. The SMILES string of the molecule is CCC(CC)c1ccc(C2(N)CC2)cc1Cl. The van der Waals surface area contributed by atoms with Crippen LogP contribution in [0.2, 0.25) is 5.02 Å². The predicted molar refractivity (Wildman–Crippen MR) is 69.9 cm³/mol. The summed E-state index contributed by atoms with van der Waals surface area (Å²) in [6.45, 7) is 4.42. The Balaban J connectivity index is 2.29. The standard InChI is InChI=1S/C14H20ClN/c1-3-10(4-2)12-6-5-11(9-13(12)15)14(16)7-8-14/h5-6,9-10H,3-4,7-8,16H2,1-2H3. The molecule has 88 valence electrons. The van der Waals surface area contributed by atoms with E-state index < -0.39 is 0 Å². The number of hydrogen-bond donors (Lipinski definition) is 1. The van der Waals surface area contributed by atoms with E-state index in [1.54, 1.807) is 0 Å². The molecule has 1 aromatic carbocycles. The minimum atomic E-state index is -0.0733. The second-order valence-corrected chi connectivity index (χ2v) is 5.31. The van der Waals surface area contributed by atoms with Crippen molar-refractivity contribution in [1.29, 1.82) is 0 Å². The molecule has 0 atom stereocenters. The summed E-state index contributed by atoms with van der Waals surface area (Å²) in [5.74, 6) is 0.578. The van der Waals surface area contributed by atoms with Crippen molar-refractivity contribution in [3.63, 3.8) is 0 Å². The first-order valence-electron chi connectivity index (χ1n) is 6.19. The zero-order chi connectivity index (χ0) is 11.8. The van der Waals surface area contributed by atoms with Gasteiger partial charge in [-0.15, -0.1) is 0 Å². The highest BCUT2D eigenvalue weighted by atomic mass is 35.5. The Kier molecular flexibility index (Phi) is 3.27. The molecule has 0 amide bonds. The van der Waals surface area contributed by atoms with Crippen LogP contribution in [0.25, 0.3) is 0 Å². The summed E-state index contributed by atoms with van der Waals surface area (Å²) in [6.07, 6.45) is 4.47. The van der Waals surface area contributed by atoms with Crippen molar-refractivity contribution in [3.05, 3.63) is 34.3 Å². The molecule has 1 saturated carbocycles. The maximum atomic E-state index is 6.36. The third-order valence-electron chi connectivity index (χ3n) is 3.79. The van der Waals surface area contributed by atoms with E-state index in [-0.39, 0.29) is 5.54 Å². The minimum Gasteiger partial charge on any atom is -0.321 e. The zero-order valence-electron chi connectivity index (χ0n) is 10.1. The van der Waals surface area contributed by atoms with Gasteiger partial charge >= 0.3 is 0 Å². The molecule has 0 unspecified atom stereocenters. The lowest BCUT2D eigenvalue weighted by molar-refractivity contribution is 0.640. The monoisotopic (exact) mass is 237 g/mol. The lowest BCUT2D eigenvalue weighted by atomic mass is 9.92. The maximum Gasteiger partial charge on any atom is 0.0444 e. The Bertz CT molecular complexity index is 378. The number of rotatable bonds is 4. The molecule has 2 N–H and O–H groups in total. The average Bonchev–Trinajstić information content (AvgIpc) is 3.02. The van der Waals surface area contributed by atoms with E-state index >= 15 is 0 Å². The molecular weight excluding hydrogens is 218 g/mol. The highest BCUT2D eigenvalue weighted by Gasteiger charge is 2.40. The Morgan fingerprint density at radius 3 is 2.38 bits per heavy atom. The van der Waals surface area contributed by atoms with Crippen molar-refractivity contribution in [3.8, 4) is 0 Å². The quantitative estimate of drug-likeness (QED) is 0.835. The highest BCUT2D eigenvalue weighted by molar-refractivity contribution is 6.31. The molecule has 0 bridgehead atoms. The summed E-state index contributed by atoms with van der Waals surface area (Å²) in [5, 5.41) is 0.892. The highest BCUT2D eigenvalue weighted by Crippen LogP contribution is 2.44. The largest absolute Gasteiger partial charge is 0.321 e. The number of benzene rings is 1. The third-order valence-corrected chi connectivity index (χ3v) is 4.12. The third kappa shape index (κ3) is 2.11. The summed E-state index contributed by atoms with van der Waals surface area (Å²) >= 11 is 6.36. The summed E-state index contributed by atoms with van der Waals surface area (Å²) in [4.78, 5) is 0. The van der Waals surface area contributed by atoms with Crippen LogP contribution in [0, 0.1) is 0 Å². The lowest BCUT2D eigenvalue weighted by Crippen LogP contribution is -2.18. The van der Waals surface area contributed by atoms with Gasteiger partial charge in [-0.1, -0.05) is 37.6 Å². The fraction of sp³-hybridized carbons (Fsp3) is 0.571. The molecule has 0 saturated heterocycles. The Labute approximate surface area is 103 Å². The van der Waals surface area contributed by atoms with Crippen LogP contribution in [-0.2, 0) is 5.54 Å². The van der Waals surface area contributed by atoms with E-state index in [4.69, 9.17) is 17.3 Å². The van der Waals surface area contributed by atoms with Crippen molar-refractivity contribution in [1.82, 2.24) is 0 Å². The van der Waals surface area contributed by atoms with Crippen LogP contribution in [0.5, 0.6) is 0 Å². The Morgan fingerprint density at radius 1 is 1.31 bits per heavy atom.